The lowest BCUT2D eigenvalue weighted by Crippen LogP contribution is -2.27. The molecular weight excluding hydrogens is 572 g/mol. The summed E-state index contributed by atoms with van der Waals surface area (Å²) in [6.45, 7) is 0.104. The molecule has 0 atom stereocenters. The molecule has 0 saturated carbocycles. The van der Waals surface area contributed by atoms with Crippen LogP contribution < -0.4 is 9.44 Å². The Hall–Kier alpha value is -2.84. The van der Waals surface area contributed by atoms with E-state index in [1.165, 1.54) is 36.4 Å². The first-order chi connectivity index (χ1) is 18.3. The first-order valence-corrected chi connectivity index (χ1v) is 15.6. The maximum Gasteiger partial charge on any atom is 0.303 e. The number of benzene rings is 2. The number of carbonyl (C=O) groups excluding carboxylic acids is 1. The zero-order valence-electron chi connectivity index (χ0n) is 21.1. The minimum atomic E-state index is -4.17. The highest BCUT2D eigenvalue weighted by Gasteiger charge is 2.26. The summed E-state index contributed by atoms with van der Waals surface area (Å²) in [5, 5.41) is 17.2. The van der Waals surface area contributed by atoms with Crippen LogP contribution >= 0.6 is 11.6 Å². The van der Waals surface area contributed by atoms with Gasteiger partial charge in [0.25, 0.3) is 0 Å². The van der Waals surface area contributed by atoms with Crippen LogP contribution in [-0.4, -0.2) is 57.9 Å². The zero-order chi connectivity index (χ0) is 29.1. The van der Waals surface area contributed by atoms with E-state index in [2.05, 4.69) is 9.44 Å². The van der Waals surface area contributed by atoms with Gasteiger partial charge in [-0.25, -0.2) is 26.3 Å². The molecule has 0 aromatic heterocycles. The Bertz CT molecular complexity index is 1390. The average Bonchev–Trinajstić information content (AvgIpc) is 2.87. The van der Waals surface area contributed by atoms with Crippen molar-refractivity contribution in [2.45, 2.75) is 61.2 Å². The largest absolute Gasteiger partial charge is 0.481 e. The van der Waals surface area contributed by atoms with Crippen molar-refractivity contribution in [1.82, 2.24) is 9.44 Å². The third-order valence-corrected chi connectivity index (χ3v) is 8.89. The fraction of sp³-hybridized carbons (Fsp3) is 0.400. The average molecular weight is 603 g/mol. The molecule has 214 valence electrons. The van der Waals surface area contributed by atoms with Crippen LogP contribution in [-0.2, 0) is 29.6 Å². The summed E-state index contributed by atoms with van der Waals surface area (Å²) in [5.41, 5.74) is -0.393. The van der Waals surface area contributed by atoms with Crippen LogP contribution in [0.3, 0.4) is 0 Å². The molecule has 0 heterocycles. The minimum absolute atomic E-state index is 0.00102. The minimum Gasteiger partial charge on any atom is -0.481 e. The standard InChI is InChI=1S/C25H31ClN2O9S2/c26-20-11-8-12-21(39(36,37)28-16-6-2-4-14-23(31)32)24(20)25(33)18-9-7-10-19(17-18)38(34,35)27-15-5-1-3-13-22(29)30/h7-12,17,27-28H,1-6,13-16H2,(H,29,30)(H,31,32). The summed E-state index contributed by atoms with van der Waals surface area (Å²) in [6.07, 6.45) is 2.64. The second-order valence-electron chi connectivity index (χ2n) is 8.67. The number of rotatable bonds is 18. The monoisotopic (exact) mass is 602 g/mol. The molecule has 0 aliphatic carbocycles. The van der Waals surface area contributed by atoms with E-state index in [0.717, 1.165) is 6.07 Å². The van der Waals surface area contributed by atoms with Gasteiger partial charge in [0.1, 0.15) is 0 Å². The second-order valence-corrected chi connectivity index (χ2v) is 12.6. The van der Waals surface area contributed by atoms with E-state index in [1.807, 2.05) is 0 Å². The molecule has 39 heavy (non-hydrogen) atoms. The van der Waals surface area contributed by atoms with Crippen molar-refractivity contribution in [3.05, 3.63) is 58.6 Å². The Morgan fingerprint density at radius 2 is 1.26 bits per heavy atom. The van der Waals surface area contributed by atoms with Crippen molar-refractivity contribution in [2.24, 2.45) is 0 Å². The molecule has 0 unspecified atom stereocenters. The van der Waals surface area contributed by atoms with Gasteiger partial charge in [0.15, 0.2) is 5.78 Å². The highest BCUT2D eigenvalue weighted by molar-refractivity contribution is 7.89. The number of nitrogens with one attached hydrogen (secondary N) is 2. The van der Waals surface area contributed by atoms with Crippen molar-refractivity contribution >= 4 is 49.4 Å². The van der Waals surface area contributed by atoms with Crippen molar-refractivity contribution in [2.75, 3.05) is 13.1 Å². The van der Waals surface area contributed by atoms with Crippen molar-refractivity contribution < 1.29 is 41.4 Å². The van der Waals surface area contributed by atoms with Crippen LogP contribution in [0.4, 0.5) is 0 Å². The van der Waals surface area contributed by atoms with Crippen LogP contribution in [0.15, 0.2) is 52.3 Å². The number of hydrogen-bond donors (Lipinski definition) is 4. The highest BCUT2D eigenvalue weighted by atomic mass is 35.5. The first kappa shape index (κ1) is 32.4. The molecule has 11 nitrogen and oxygen atoms in total. The number of hydrogen-bond acceptors (Lipinski definition) is 7. The van der Waals surface area contributed by atoms with Crippen LogP contribution in [0.1, 0.15) is 67.3 Å². The predicted molar refractivity (Wildman–Crippen MR) is 144 cm³/mol. The van der Waals surface area contributed by atoms with Crippen LogP contribution in [0, 0.1) is 0 Å². The number of carboxylic acids is 2. The number of carbonyl (C=O) groups is 3. The number of halogens is 1. The molecule has 0 amide bonds. The van der Waals surface area contributed by atoms with Gasteiger partial charge in [0.05, 0.1) is 20.4 Å². The Kier molecular flexibility index (Phi) is 12.5. The molecule has 0 bridgehead atoms. The van der Waals surface area contributed by atoms with Gasteiger partial charge in [-0.1, -0.05) is 42.6 Å². The van der Waals surface area contributed by atoms with Crippen LogP contribution in [0.25, 0.3) is 0 Å². The lowest BCUT2D eigenvalue weighted by atomic mass is 10.0. The molecule has 2 aromatic rings. The smallest absolute Gasteiger partial charge is 0.303 e. The van der Waals surface area contributed by atoms with Crippen molar-refractivity contribution in [3.63, 3.8) is 0 Å². The Labute approximate surface area is 232 Å². The number of sulfonamides is 2. The summed E-state index contributed by atoms with van der Waals surface area (Å²) < 4.78 is 56.2. The first-order valence-electron chi connectivity index (χ1n) is 12.2. The molecular formula is C25H31ClN2O9S2. The molecule has 2 aromatic carbocycles. The Morgan fingerprint density at radius 1 is 0.718 bits per heavy atom. The van der Waals surface area contributed by atoms with E-state index in [1.54, 1.807) is 0 Å². The molecule has 0 aliphatic rings. The van der Waals surface area contributed by atoms with Gasteiger partial charge >= 0.3 is 11.9 Å². The molecule has 2 rings (SSSR count). The van der Waals surface area contributed by atoms with Gasteiger partial charge < -0.3 is 10.2 Å². The van der Waals surface area contributed by atoms with E-state index in [-0.39, 0.29) is 51.9 Å². The molecule has 0 saturated heterocycles. The predicted octanol–water partition coefficient (Wildman–Crippen LogP) is 3.42. The van der Waals surface area contributed by atoms with E-state index in [9.17, 15) is 31.2 Å². The summed E-state index contributed by atoms with van der Waals surface area (Å²) in [5.74, 6) is -2.64. The number of unbranched alkanes of at least 4 members (excludes halogenated alkanes) is 4. The fourth-order valence-electron chi connectivity index (χ4n) is 3.63. The molecule has 14 heteroatoms. The van der Waals surface area contributed by atoms with E-state index < -0.39 is 37.8 Å². The number of aliphatic carboxylic acids is 2. The summed E-state index contributed by atoms with van der Waals surface area (Å²) >= 11 is 6.24. The topological polar surface area (TPSA) is 184 Å². The quantitative estimate of drug-likeness (QED) is 0.147. The molecule has 0 fully saturated rings. The van der Waals surface area contributed by atoms with Crippen molar-refractivity contribution in [1.29, 1.82) is 0 Å². The van der Waals surface area contributed by atoms with Crippen LogP contribution in [0.5, 0.6) is 0 Å². The molecule has 4 N–H and O–H groups in total. The van der Waals surface area contributed by atoms with Gasteiger partial charge in [0.2, 0.25) is 20.0 Å². The molecule has 0 radical (unpaired) electrons. The second kappa shape index (κ2) is 15.1. The normalized spacial score (nSPS) is 11.8. The highest BCUT2D eigenvalue weighted by Crippen LogP contribution is 2.27. The van der Waals surface area contributed by atoms with Gasteiger partial charge in [-0.05, 0) is 49.9 Å². The maximum atomic E-state index is 13.4. The number of carboxylic acid groups (broad SMARTS) is 2. The molecule has 0 spiro atoms. The third kappa shape index (κ3) is 10.3. The Balaban J connectivity index is 2.17. The SMILES string of the molecule is O=C(O)CCCCCNS(=O)(=O)c1cccc(C(=O)c2c(Cl)cccc2S(=O)(=O)NCCCCCC(=O)O)c1. The maximum absolute atomic E-state index is 13.4. The molecule has 0 aliphatic heterocycles. The Morgan fingerprint density at radius 3 is 1.82 bits per heavy atom. The van der Waals surface area contributed by atoms with Gasteiger partial charge in [-0.15, -0.1) is 0 Å². The van der Waals surface area contributed by atoms with Gasteiger partial charge in [0, 0.05) is 31.5 Å². The fourth-order valence-corrected chi connectivity index (χ4v) is 6.36. The lowest BCUT2D eigenvalue weighted by Gasteiger charge is -2.13. The zero-order valence-corrected chi connectivity index (χ0v) is 23.4. The lowest BCUT2D eigenvalue weighted by molar-refractivity contribution is -0.138. The van der Waals surface area contributed by atoms with Gasteiger partial charge in [-0.3, -0.25) is 14.4 Å². The van der Waals surface area contributed by atoms with Crippen molar-refractivity contribution in [3.8, 4) is 0 Å². The number of ketones is 1. The van der Waals surface area contributed by atoms with E-state index in [0.29, 0.717) is 38.5 Å². The third-order valence-electron chi connectivity index (χ3n) is 5.62. The summed E-state index contributed by atoms with van der Waals surface area (Å²) in [6, 6.07) is 9.08. The summed E-state index contributed by atoms with van der Waals surface area (Å²) in [7, 11) is -8.17. The van der Waals surface area contributed by atoms with Crippen LogP contribution in [0.2, 0.25) is 5.02 Å². The van der Waals surface area contributed by atoms with E-state index in [4.69, 9.17) is 21.8 Å². The van der Waals surface area contributed by atoms with E-state index >= 15 is 0 Å². The van der Waals surface area contributed by atoms with Gasteiger partial charge in [-0.2, -0.15) is 0 Å². The summed E-state index contributed by atoms with van der Waals surface area (Å²) in [4.78, 5) is 34.0.